The Kier molecular flexibility index (Phi) is 2.66. The van der Waals surface area contributed by atoms with Gasteiger partial charge in [-0.2, -0.15) is 0 Å². The Morgan fingerprint density at radius 1 is 1.73 bits per heavy atom. The first-order valence-electron chi connectivity index (χ1n) is 3.69. The van der Waals surface area contributed by atoms with Gasteiger partial charge in [-0.15, -0.1) is 0 Å². The minimum Gasteiger partial charge on any atom is -0.359 e. The van der Waals surface area contributed by atoms with E-state index < -0.39 is 0 Å². The van der Waals surface area contributed by atoms with Gasteiger partial charge in [-0.25, -0.2) is 0 Å². The van der Waals surface area contributed by atoms with Gasteiger partial charge in [0.1, 0.15) is 0 Å². The third kappa shape index (κ3) is 2.08. The van der Waals surface area contributed by atoms with Crippen LogP contribution in [0.5, 0.6) is 0 Å². The van der Waals surface area contributed by atoms with Crippen LogP contribution in [0.1, 0.15) is 23.8 Å². The molecule has 0 aliphatic rings. The molecule has 0 fully saturated rings. The Morgan fingerprint density at radius 2 is 2.55 bits per heavy atom. The normalized spacial score (nSPS) is 10.6. The predicted octanol–water partition coefficient (Wildman–Crippen LogP) is 2.16. The highest BCUT2D eigenvalue weighted by molar-refractivity contribution is 6.02. The van der Waals surface area contributed by atoms with Gasteiger partial charge in [0, 0.05) is 6.20 Å². The molecular weight excluding hydrogens is 138 g/mol. The standard InChI is InChI=1S/C9H11NO/c1-2-3-6-9(11)8-5-4-7-10-8/h3-7,10H,2H2,1H3/b6-3+. The zero-order chi connectivity index (χ0) is 8.10. The topological polar surface area (TPSA) is 32.9 Å². The number of hydrogen-bond acceptors (Lipinski definition) is 1. The molecule has 0 atom stereocenters. The summed E-state index contributed by atoms with van der Waals surface area (Å²) in [4.78, 5) is 14.0. The van der Waals surface area contributed by atoms with Crippen molar-refractivity contribution in [3.63, 3.8) is 0 Å². The number of aromatic nitrogens is 1. The first-order valence-corrected chi connectivity index (χ1v) is 3.69. The Hall–Kier alpha value is -1.31. The number of aromatic amines is 1. The molecule has 1 aromatic rings. The monoisotopic (exact) mass is 149 g/mol. The second-order valence-corrected chi connectivity index (χ2v) is 2.26. The van der Waals surface area contributed by atoms with Crippen molar-refractivity contribution in [2.24, 2.45) is 0 Å². The Labute approximate surface area is 65.9 Å². The maximum absolute atomic E-state index is 11.1. The van der Waals surface area contributed by atoms with Crippen LogP contribution in [0, 0.1) is 0 Å². The molecule has 0 unspecified atom stereocenters. The van der Waals surface area contributed by atoms with Crippen molar-refractivity contribution in [3.05, 3.63) is 36.2 Å². The quantitative estimate of drug-likeness (QED) is 0.518. The number of allylic oxidation sites excluding steroid dienone is 2. The zero-order valence-corrected chi connectivity index (χ0v) is 6.50. The number of ketones is 1. The molecule has 1 rings (SSSR count). The van der Waals surface area contributed by atoms with E-state index in [1.807, 2.05) is 19.1 Å². The maximum Gasteiger partial charge on any atom is 0.201 e. The van der Waals surface area contributed by atoms with E-state index in [2.05, 4.69) is 4.98 Å². The highest BCUT2D eigenvalue weighted by atomic mass is 16.1. The SMILES string of the molecule is CC/C=C/C(=O)c1ccc[nH]1. The molecule has 11 heavy (non-hydrogen) atoms. The van der Waals surface area contributed by atoms with Crippen molar-refractivity contribution in [2.75, 3.05) is 0 Å². The van der Waals surface area contributed by atoms with E-state index in [1.54, 1.807) is 18.3 Å². The summed E-state index contributed by atoms with van der Waals surface area (Å²) in [5, 5.41) is 0. The fourth-order valence-electron chi connectivity index (χ4n) is 0.798. The second-order valence-electron chi connectivity index (χ2n) is 2.26. The third-order valence-electron chi connectivity index (χ3n) is 1.37. The number of rotatable bonds is 3. The zero-order valence-electron chi connectivity index (χ0n) is 6.50. The molecule has 1 N–H and O–H groups in total. The fourth-order valence-corrected chi connectivity index (χ4v) is 0.798. The highest BCUT2D eigenvalue weighted by Crippen LogP contribution is 1.97. The molecule has 0 spiro atoms. The molecule has 0 saturated heterocycles. The summed E-state index contributed by atoms with van der Waals surface area (Å²) in [6, 6.07) is 3.58. The van der Waals surface area contributed by atoms with Crippen molar-refractivity contribution in [2.45, 2.75) is 13.3 Å². The van der Waals surface area contributed by atoms with E-state index in [0.29, 0.717) is 5.69 Å². The molecule has 1 aromatic heterocycles. The molecule has 0 radical (unpaired) electrons. The van der Waals surface area contributed by atoms with Crippen molar-refractivity contribution < 1.29 is 4.79 Å². The maximum atomic E-state index is 11.1. The summed E-state index contributed by atoms with van der Waals surface area (Å²) in [6.45, 7) is 2.00. The lowest BCUT2D eigenvalue weighted by Gasteiger charge is -1.86. The number of hydrogen-bond donors (Lipinski definition) is 1. The van der Waals surface area contributed by atoms with Gasteiger partial charge in [0.2, 0.25) is 5.78 Å². The van der Waals surface area contributed by atoms with E-state index in [4.69, 9.17) is 0 Å². The minimum absolute atomic E-state index is 0.0388. The van der Waals surface area contributed by atoms with E-state index in [1.165, 1.54) is 0 Å². The van der Waals surface area contributed by atoms with Gasteiger partial charge in [0.15, 0.2) is 0 Å². The van der Waals surface area contributed by atoms with Crippen molar-refractivity contribution >= 4 is 5.78 Å². The number of carbonyl (C=O) groups excluding carboxylic acids is 1. The van der Waals surface area contributed by atoms with E-state index in [9.17, 15) is 4.79 Å². The molecule has 0 aromatic carbocycles. The molecular formula is C9H11NO. The first kappa shape index (κ1) is 7.79. The molecule has 0 aliphatic carbocycles. The lowest BCUT2D eigenvalue weighted by Crippen LogP contribution is -1.92. The largest absolute Gasteiger partial charge is 0.359 e. The van der Waals surface area contributed by atoms with Crippen molar-refractivity contribution in [1.82, 2.24) is 4.98 Å². The Bertz CT molecular complexity index is 247. The molecule has 1 heterocycles. The van der Waals surface area contributed by atoms with Gasteiger partial charge in [0.05, 0.1) is 5.69 Å². The fraction of sp³-hybridized carbons (Fsp3) is 0.222. The number of carbonyl (C=O) groups is 1. The Balaban J connectivity index is 2.64. The summed E-state index contributed by atoms with van der Waals surface area (Å²) in [5.41, 5.74) is 0.648. The molecule has 0 amide bonds. The van der Waals surface area contributed by atoms with Gasteiger partial charge >= 0.3 is 0 Å². The van der Waals surface area contributed by atoms with Crippen molar-refractivity contribution in [3.8, 4) is 0 Å². The van der Waals surface area contributed by atoms with Gasteiger partial charge in [-0.05, 0) is 24.6 Å². The molecule has 0 saturated carbocycles. The summed E-state index contributed by atoms with van der Waals surface area (Å²) in [7, 11) is 0. The molecule has 58 valence electrons. The number of H-pyrrole nitrogens is 1. The molecule has 2 nitrogen and oxygen atoms in total. The van der Waals surface area contributed by atoms with Crippen LogP contribution in [0.15, 0.2) is 30.5 Å². The second kappa shape index (κ2) is 3.76. The smallest absolute Gasteiger partial charge is 0.201 e. The average Bonchev–Trinajstić information content (AvgIpc) is 2.52. The van der Waals surface area contributed by atoms with E-state index >= 15 is 0 Å². The van der Waals surface area contributed by atoms with Gasteiger partial charge < -0.3 is 4.98 Å². The van der Waals surface area contributed by atoms with E-state index in [0.717, 1.165) is 6.42 Å². The van der Waals surface area contributed by atoms with E-state index in [-0.39, 0.29) is 5.78 Å². The van der Waals surface area contributed by atoms with Crippen LogP contribution in [0.25, 0.3) is 0 Å². The Morgan fingerprint density at radius 3 is 3.09 bits per heavy atom. The summed E-state index contributed by atoms with van der Waals surface area (Å²) in [6.07, 6.45) is 6.08. The molecule has 2 heteroatoms. The lowest BCUT2D eigenvalue weighted by atomic mass is 10.2. The van der Waals surface area contributed by atoms with Crippen LogP contribution in [0.4, 0.5) is 0 Å². The van der Waals surface area contributed by atoms with Crippen LogP contribution >= 0.6 is 0 Å². The third-order valence-corrected chi connectivity index (χ3v) is 1.37. The van der Waals surface area contributed by atoms with Gasteiger partial charge in [-0.3, -0.25) is 4.79 Å². The van der Waals surface area contributed by atoms with Crippen LogP contribution in [0.3, 0.4) is 0 Å². The predicted molar refractivity (Wildman–Crippen MR) is 44.6 cm³/mol. The summed E-state index contributed by atoms with van der Waals surface area (Å²) < 4.78 is 0. The first-order chi connectivity index (χ1) is 5.34. The molecule has 0 bridgehead atoms. The minimum atomic E-state index is 0.0388. The number of nitrogens with one attached hydrogen (secondary N) is 1. The van der Waals surface area contributed by atoms with Crippen LogP contribution in [-0.2, 0) is 0 Å². The van der Waals surface area contributed by atoms with Gasteiger partial charge in [0.25, 0.3) is 0 Å². The van der Waals surface area contributed by atoms with Crippen LogP contribution in [0.2, 0.25) is 0 Å². The van der Waals surface area contributed by atoms with Crippen LogP contribution in [-0.4, -0.2) is 10.8 Å². The summed E-state index contributed by atoms with van der Waals surface area (Å²) in [5.74, 6) is 0.0388. The van der Waals surface area contributed by atoms with Gasteiger partial charge in [-0.1, -0.05) is 13.0 Å². The molecule has 0 aliphatic heterocycles. The van der Waals surface area contributed by atoms with Crippen molar-refractivity contribution in [1.29, 1.82) is 0 Å². The highest BCUT2D eigenvalue weighted by Gasteiger charge is 1.98. The lowest BCUT2D eigenvalue weighted by molar-refractivity contribution is 0.104. The average molecular weight is 149 g/mol. The van der Waals surface area contributed by atoms with Crippen LogP contribution < -0.4 is 0 Å². The summed E-state index contributed by atoms with van der Waals surface area (Å²) >= 11 is 0.